The maximum atomic E-state index is 5.38. The van der Waals surface area contributed by atoms with Crippen molar-refractivity contribution < 1.29 is 0 Å². The molecule has 0 aliphatic heterocycles. The van der Waals surface area contributed by atoms with Crippen LogP contribution in [0.2, 0.25) is 0 Å². The Morgan fingerprint density at radius 1 is 0.412 bits per heavy atom. The molecule has 0 unspecified atom stereocenters. The molecule has 7 aromatic carbocycles. The first-order chi connectivity index (χ1) is 25.3. The Labute approximate surface area is 297 Å². The van der Waals surface area contributed by atoms with Crippen molar-refractivity contribution in [2.45, 2.75) is 0 Å². The van der Waals surface area contributed by atoms with E-state index >= 15 is 0 Å². The molecule has 4 heterocycles. The molecule has 0 bridgehead atoms. The lowest BCUT2D eigenvalue weighted by Crippen LogP contribution is -2.04. The highest BCUT2D eigenvalue weighted by Gasteiger charge is 2.27. The van der Waals surface area contributed by atoms with Crippen LogP contribution in [0.1, 0.15) is 0 Å². The number of fused-ring (bicyclic) bond motifs is 12. The van der Waals surface area contributed by atoms with Crippen molar-refractivity contribution in [3.05, 3.63) is 170 Å². The van der Waals surface area contributed by atoms with Gasteiger partial charge < -0.3 is 4.57 Å². The van der Waals surface area contributed by atoms with Crippen molar-refractivity contribution in [2.24, 2.45) is 0 Å². The lowest BCUT2D eigenvalue weighted by molar-refractivity contribution is 0.998. The molecule has 51 heavy (non-hydrogen) atoms. The zero-order valence-electron chi connectivity index (χ0n) is 27.4. The average Bonchev–Trinajstić information content (AvgIpc) is 3.87. The molecule has 0 aliphatic rings. The van der Waals surface area contributed by atoms with E-state index in [0.717, 1.165) is 39.2 Å². The summed E-state index contributed by atoms with van der Waals surface area (Å²) in [7, 11) is 0. The Kier molecular flexibility index (Phi) is 6.09. The van der Waals surface area contributed by atoms with E-state index in [9.17, 15) is 0 Å². The smallest absolute Gasteiger partial charge is 0.235 e. The monoisotopic (exact) mass is 668 g/mol. The van der Waals surface area contributed by atoms with Crippen molar-refractivity contribution in [3.63, 3.8) is 0 Å². The van der Waals surface area contributed by atoms with E-state index in [1.807, 2.05) is 23.5 Å². The summed E-state index contributed by atoms with van der Waals surface area (Å²) in [5.41, 5.74) is 9.68. The van der Waals surface area contributed by atoms with Gasteiger partial charge in [0.1, 0.15) is 0 Å². The molecule has 0 aliphatic carbocycles. The van der Waals surface area contributed by atoms with E-state index in [2.05, 4.69) is 167 Å². The molecule has 238 valence electrons. The van der Waals surface area contributed by atoms with Gasteiger partial charge in [0, 0.05) is 53.8 Å². The third-order valence-corrected chi connectivity index (χ3v) is 11.3. The van der Waals surface area contributed by atoms with Crippen LogP contribution in [0, 0.1) is 0 Å². The summed E-state index contributed by atoms with van der Waals surface area (Å²) in [6, 6.07) is 60.2. The molecule has 0 spiro atoms. The number of rotatable bonds is 4. The van der Waals surface area contributed by atoms with E-state index in [1.165, 1.54) is 52.8 Å². The molecule has 0 N–H and O–H groups in total. The SMILES string of the molecule is c1ccc(-c2cc(-c3ccccc3)nc(-n3c4ccccc4c4c5c6ccccc6n(-c6ccccc6)c5c5c6ccccc6sc5c43)n2)cc1. The second-order valence-corrected chi connectivity index (χ2v) is 14.0. The molecule has 4 nitrogen and oxygen atoms in total. The normalized spacial score (nSPS) is 11.9. The third-order valence-electron chi connectivity index (χ3n) is 10.1. The van der Waals surface area contributed by atoms with Gasteiger partial charge in [0.05, 0.1) is 38.2 Å². The van der Waals surface area contributed by atoms with Crippen molar-refractivity contribution in [2.75, 3.05) is 0 Å². The molecule has 0 saturated heterocycles. The first-order valence-corrected chi connectivity index (χ1v) is 18.0. The second kappa shape index (κ2) is 11.0. The lowest BCUT2D eigenvalue weighted by atomic mass is 10.0. The number of nitrogens with zero attached hydrogens (tertiary/aromatic N) is 4. The van der Waals surface area contributed by atoms with Gasteiger partial charge in [0.15, 0.2) is 0 Å². The van der Waals surface area contributed by atoms with Crippen molar-refractivity contribution in [1.82, 2.24) is 19.1 Å². The van der Waals surface area contributed by atoms with E-state index in [1.54, 1.807) is 0 Å². The van der Waals surface area contributed by atoms with Crippen LogP contribution in [0.3, 0.4) is 0 Å². The molecular weight excluding hydrogens is 641 g/mol. The highest BCUT2D eigenvalue weighted by atomic mass is 32.1. The van der Waals surface area contributed by atoms with Crippen LogP contribution in [0.15, 0.2) is 170 Å². The molecular formula is C46H28N4S. The molecule has 11 aromatic rings. The van der Waals surface area contributed by atoms with Crippen molar-refractivity contribution >= 4 is 75.1 Å². The Morgan fingerprint density at radius 2 is 0.902 bits per heavy atom. The molecule has 0 fully saturated rings. The van der Waals surface area contributed by atoms with Crippen molar-refractivity contribution in [1.29, 1.82) is 0 Å². The van der Waals surface area contributed by atoms with Gasteiger partial charge in [-0.3, -0.25) is 4.57 Å². The number of aromatic nitrogens is 4. The first kappa shape index (κ1) is 28.3. The number of benzene rings is 7. The summed E-state index contributed by atoms with van der Waals surface area (Å²) in [5.74, 6) is 0.659. The minimum Gasteiger partial charge on any atom is -0.309 e. The summed E-state index contributed by atoms with van der Waals surface area (Å²) < 4.78 is 7.28. The Balaban J connectivity index is 1.39. The molecule has 4 aromatic heterocycles. The van der Waals surface area contributed by atoms with Gasteiger partial charge in [0.2, 0.25) is 5.95 Å². The van der Waals surface area contributed by atoms with Crippen LogP contribution in [0.25, 0.3) is 97.9 Å². The second-order valence-electron chi connectivity index (χ2n) is 13.0. The summed E-state index contributed by atoms with van der Waals surface area (Å²) in [6.45, 7) is 0. The molecule has 5 heteroatoms. The van der Waals surface area contributed by atoms with Crippen LogP contribution in [-0.4, -0.2) is 19.1 Å². The molecule has 0 saturated carbocycles. The average molecular weight is 669 g/mol. The molecule has 11 rings (SSSR count). The van der Waals surface area contributed by atoms with Gasteiger partial charge in [-0.25, -0.2) is 9.97 Å². The summed E-state index contributed by atoms with van der Waals surface area (Å²) in [6.07, 6.45) is 0. The minimum atomic E-state index is 0.659. The topological polar surface area (TPSA) is 35.6 Å². The highest BCUT2D eigenvalue weighted by molar-refractivity contribution is 7.27. The predicted octanol–water partition coefficient (Wildman–Crippen LogP) is 12.4. The molecule has 0 amide bonds. The predicted molar refractivity (Wildman–Crippen MR) is 214 cm³/mol. The van der Waals surface area contributed by atoms with Crippen LogP contribution < -0.4 is 0 Å². The number of hydrogen-bond acceptors (Lipinski definition) is 3. The summed E-state index contributed by atoms with van der Waals surface area (Å²) in [5, 5.41) is 7.39. The van der Waals surface area contributed by atoms with Crippen molar-refractivity contribution in [3.8, 4) is 34.2 Å². The number of para-hydroxylation sites is 3. The molecule has 0 radical (unpaired) electrons. The van der Waals surface area contributed by atoms with Gasteiger partial charge in [-0.1, -0.05) is 133 Å². The standard InChI is InChI=1S/C46H28N4S/c1-4-16-29(17-5-1)35-28-36(30-18-6-2-7-19-30)48-46(47-35)50-38-26-14-11-23-33(38)41-40-32-22-10-13-25-37(32)49(31-20-8-3-9-21-31)43(40)42-34-24-12-15-27-39(34)51-45(42)44(41)50/h1-28H. The Bertz CT molecular complexity index is 3060. The Hall–Kier alpha value is -6.56. The fraction of sp³-hybridized carbons (Fsp3) is 0. The maximum absolute atomic E-state index is 5.38. The molecule has 0 atom stereocenters. The van der Waals surface area contributed by atoms with Crippen LogP contribution in [0.4, 0.5) is 0 Å². The number of hydrogen-bond donors (Lipinski definition) is 0. The summed E-state index contributed by atoms with van der Waals surface area (Å²) in [4.78, 5) is 10.8. The van der Waals surface area contributed by atoms with Gasteiger partial charge in [-0.2, -0.15) is 0 Å². The lowest BCUT2D eigenvalue weighted by Gasteiger charge is -2.13. The summed E-state index contributed by atoms with van der Waals surface area (Å²) >= 11 is 1.86. The van der Waals surface area contributed by atoms with Crippen LogP contribution in [-0.2, 0) is 0 Å². The van der Waals surface area contributed by atoms with Crippen LogP contribution in [0.5, 0.6) is 0 Å². The van der Waals surface area contributed by atoms with E-state index in [-0.39, 0.29) is 0 Å². The number of thiophene rings is 1. The third kappa shape index (κ3) is 4.13. The minimum absolute atomic E-state index is 0.659. The quantitative estimate of drug-likeness (QED) is 0.187. The van der Waals surface area contributed by atoms with E-state index in [4.69, 9.17) is 9.97 Å². The fourth-order valence-corrected chi connectivity index (χ4v) is 9.23. The van der Waals surface area contributed by atoms with E-state index < -0.39 is 0 Å². The maximum Gasteiger partial charge on any atom is 0.235 e. The van der Waals surface area contributed by atoms with Gasteiger partial charge in [-0.05, 0) is 36.4 Å². The first-order valence-electron chi connectivity index (χ1n) is 17.2. The Morgan fingerprint density at radius 3 is 1.53 bits per heavy atom. The zero-order valence-corrected chi connectivity index (χ0v) is 28.2. The zero-order chi connectivity index (χ0) is 33.5. The fourth-order valence-electron chi connectivity index (χ4n) is 7.99. The van der Waals surface area contributed by atoms with Gasteiger partial charge in [0.25, 0.3) is 0 Å². The van der Waals surface area contributed by atoms with Gasteiger partial charge >= 0.3 is 0 Å². The van der Waals surface area contributed by atoms with Crippen LogP contribution >= 0.6 is 11.3 Å². The van der Waals surface area contributed by atoms with Gasteiger partial charge in [-0.15, -0.1) is 11.3 Å². The largest absolute Gasteiger partial charge is 0.309 e. The highest BCUT2D eigenvalue weighted by Crippen LogP contribution is 2.51. The van der Waals surface area contributed by atoms with E-state index in [0.29, 0.717) is 5.95 Å².